The van der Waals surface area contributed by atoms with E-state index < -0.39 is 0 Å². The molecule has 98 valence electrons. The van der Waals surface area contributed by atoms with E-state index in [1.165, 1.54) is 11.3 Å². The molecule has 0 atom stereocenters. The lowest BCUT2D eigenvalue weighted by atomic mass is 10.1. The molecule has 2 aromatic rings. The molecule has 1 heterocycles. The second kappa shape index (κ2) is 5.31. The molecule has 0 fully saturated rings. The lowest BCUT2D eigenvalue weighted by Gasteiger charge is -2.08. The van der Waals surface area contributed by atoms with Crippen molar-refractivity contribution < 1.29 is 9.47 Å². The normalized spacial score (nSPS) is 10.9. The average Bonchev–Trinajstić information content (AvgIpc) is 2.70. The number of aromatic amines is 1. The third kappa shape index (κ3) is 2.16. The first-order chi connectivity index (χ1) is 8.71. The summed E-state index contributed by atoms with van der Waals surface area (Å²) in [5, 5.41) is 4.34. The zero-order valence-electron chi connectivity index (χ0n) is 11.4. The van der Waals surface area contributed by atoms with Gasteiger partial charge in [0, 0.05) is 23.2 Å². The Hall–Kier alpha value is -1.68. The maximum absolute atomic E-state index is 5.48. The molecular weight excluding hydrogens is 228 g/mol. The highest BCUT2D eigenvalue weighted by Gasteiger charge is 2.14. The highest BCUT2D eigenvalue weighted by molar-refractivity contribution is 5.91. The van der Waals surface area contributed by atoms with E-state index in [1.54, 1.807) is 14.2 Å². The Kier molecular flexibility index (Phi) is 3.77. The van der Waals surface area contributed by atoms with Crippen LogP contribution in [0.3, 0.4) is 0 Å². The fourth-order valence-electron chi connectivity index (χ4n) is 2.31. The maximum Gasteiger partial charge on any atom is 0.132 e. The van der Waals surface area contributed by atoms with Crippen LogP contribution >= 0.6 is 0 Å². The Morgan fingerprint density at radius 1 is 1.22 bits per heavy atom. The SMILES string of the molecule is CNCCc1c(C)[nH]c2cc(OC)cc(OC)c12. The smallest absolute Gasteiger partial charge is 0.132 e. The van der Waals surface area contributed by atoms with Gasteiger partial charge in [0.2, 0.25) is 0 Å². The lowest BCUT2D eigenvalue weighted by Crippen LogP contribution is -2.10. The minimum absolute atomic E-state index is 0.806. The molecule has 0 bridgehead atoms. The number of nitrogens with one attached hydrogen (secondary N) is 2. The van der Waals surface area contributed by atoms with Crippen LogP contribution in [0, 0.1) is 6.92 Å². The number of rotatable bonds is 5. The van der Waals surface area contributed by atoms with E-state index in [0.717, 1.165) is 35.4 Å². The molecular formula is C14H20N2O2. The fraction of sp³-hybridized carbons (Fsp3) is 0.429. The summed E-state index contributed by atoms with van der Waals surface area (Å²) in [4.78, 5) is 3.40. The molecule has 0 radical (unpaired) electrons. The van der Waals surface area contributed by atoms with Gasteiger partial charge in [0.05, 0.1) is 19.7 Å². The Bertz CT molecular complexity index is 546. The van der Waals surface area contributed by atoms with E-state index in [0.29, 0.717) is 0 Å². The largest absolute Gasteiger partial charge is 0.497 e. The number of likely N-dealkylation sites (N-methyl/N-ethyl adjacent to an activating group) is 1. The molecule has 2 rings (SSSR count). The molecule has 0 aliphatic carbocycles. The molecule has 0 amide bonds. The number of ether oxygens (including phenoxy) is 2. The summed E-state index contributed by atoms with van der Waals surface area (Å²) < 4.78 is 10.8. The quantitative estimate of drug-likeness (QED) is 0.853. The van der Waals surface area contributed by atoms with E-state index in [1.807, 2.05) is 19.2 Å². The van der Waals surface area contributed by atoms with Crippen molar-refractivity contribution in [3.05, 3.63) is 23.4 Å². The molecule has 2 N–H and O–H groups in total. The minimum atomic E-state index is 0.806. The Morgan fingerprint density at radius 2 is 2.00 bits per heavy atom. The van der Waals surface area contributed by atoms with Crippen molar-refractivity contribution in [2.45, 2.75) is 13.3 Å². The summed E-state index contributed by atoms with van der Waals surface area (Å²) in [6.07, 6.45) is 0.977. The molecule has 0 unspecified atom stereocenters. The van der Waals surface area contributed by atoms with Crippen LogP contribution in [0.1, 0.15) is 11.3 Å². The number of aromatic nitrogens is 1. The van der Waals surface area contributed by atoms with Gasteiger partial charge in [-0.2, -0.15) is 0 Å². The number of H-pyrrole nitrogens is 1. The van der Waals surface area contributed by atoms with Gasteiger partial charge in [0.15, 0.2) is 0 Å². The lowest BCUT2D eigenvalue weighted by molar-refractivity contribution is 0.398. The molecule has 0 saturated carbocycles. The molecule has 4 nitrogen and oxygen atoms in total. The monoisotopic (exact) mass is 248 g/mol. The first kappa shape index (κ1) is 12.8. The Labute approximate surface area is 107 Å². The summed E-state index contributed by atoms with van der Waals surface area (Å²) in [6.45, 7) is 3.04. The van der Waals surface area contributed by atoms with Crippen molar-refractivity contribution >= 4 is 10.9 Å². The van der Waals surface area contributed by atoms with Crippen molar-refractivity contribution in [1.29, 1.82) is 0 Å². The molecule has 0 spiro atoms. The van der Waals surface area contributed by atoms with Crippen LogP contribution in [0.5, 0.6) is 11.5 Å². The topological polar surface area (TPSA) is 46.3 Å². The van der Waals surface area contributed by atoms with E-state index in [2.05, 4.69) is 17.2 Å². The summed E-state index contributed by atoms with van der Waals surface area (Å²) in [5.41, 5.74) is 3.56. The van der Waals surface area contributed by atoms with Crippen LogP contribution in [0.15, 0.2) is 12.1 Å². The van der Waals surface area contributed by atoms with Crippen molar-refractivity contribution in [2.24, 2.45) is 0 Å². The van der Waals surface area contributed by atoms with Gasteiger partial charge in [0.1, 0.15) is 11.5 Å². The van der Waals surface area contributed by atoms with E-state index in [4.69, 9.17) is 9.47 Å². The molecule has 1 aromatic carbocycles. The number of hydrogen-bond acceptors (Lipinski definition) is 3. The van der Waals surface area contributed by atoms with Gasteiger partial charge in [-0.05, 0) is 32.5 Å². The van der Waals surface area contributed by atoms with Crippen LogP contribution < -0.4 is 14.8 Å². The van der Waals surface area contributed by atoms with Gasteiger partial charge >= 0.3 is 0 Å². The number of aryl methyl sites for hydroxylation is 1. The van der Waals surface area contributed by atoms with E-state index in [-0.39, 0.29) is 0 Å². The van der Waals surface area contributed by atoms with Crippen LogP contribution in [0.2, 0.25) is 0 Å². The molecule has 1 aromatic heterocycles. The van der Waals surface area contributed by atoms with Crippen molar-refractivity contribution in [1.82, 2.24) is 10.3 Å². The molecule has 4 heteroatoms. The number of benzene rings is 1. The van der Waals surface area contributed by atoms with Gasteiger partial charge in [-0.1, -0.05) is 0 Å². The summed E-state index contributed by atoms with van der Waals surface area (Å²) in [6, 6.07) is 3.94. The third-order valence-electron chi connectivity index (χ3n) is 3.23. The van der Waals surface area contributed by atoms with Gasteiger partial charge in [-0.25, -0.2) is 0 Å². The summed E-state index contributed by atoms with van der Waals surface area (Å²) in [5.74, 6) is 1.67. The van der Waals surface area contributed by atoms with Crippen LogP contribution in [-0.2, 0) is 6.42 Å². The standard InChI is InChI=1S/C14H20N2O2/c1-9-11(5-6-15-2)14-12(16-9)7-10(17-3)8-13(14)18-4/h7-8,15-16H,5-6H2,1-4H3. The summed E-state index contributed by atoms with van der Waals surface area (Å²) >= 11 is 0. The minimum Gasteiger partial charge on any atom is -0.497 e. The van der Waals surface area contributed by atoms with Crippen molar-refractivity contribution in [2.75, 3.05) is 27.8 Å². The average molecular weight is 248 g/mol. The van der Waals surface area contributed by atoms with E-state index >= 15 is 0 Å². The van der Waals surface area contributed by atoms with Gasteiger partial charge in [0.25, 0.3) is 0 Å². The second-order valence-corrected chi connectivity index (χ2v) is 4.33. The number of hydrogen-bond donors (Lipinski definition) is 2. The van der Waals surface area contributed by atoms with Crippen molar-refractivity contribution in [3.8, 4) is 11.5 Å². The molecule has 18 heavy (non-hydrogen) atoms. The Morgan fingerprint density at radius 3 is 2.61 bits per heavy atom. The first-order valence-corrected chi connectivity index (χ1v) is 6.09. The van der Waals surface area contributed by atoms with Crippen LogP contribution in [0.4, 0.5) is 0 Å². The van der Waals surface area contributed by atoms with Gasteiger partial charge in [-0.3, -0.25) is 0 Å². The summed E-state index contributed by atoms with van der Waals surface area (Å²) in [7, 11) is 5.32. The van der Waals surface area contributed by atoms with Crippen LogP contribution in [0.25, 0.3) is 10.9 Å². The number of fused-ring (bicyclic) bond motifs is 1. The third-order valence-corrected chi connectivity index (χ3v) is 3.23. The zero-order valence-corrected chi connectivity index (χ0v) is 11.4. The molecule has 0 aliphatic heterocycles. The predicted molar refractivity (Wildman–Crippen MR) is 73.8 cm³/mol. The second-order valence-electron chi connectivity index (χ2n) is 4.33. The highest BCUT2D eigenvalue weighted by atomic mass is 16.5. The van der Waals surface area contributed by atoms with Crippen LogP contribution in [-0.4, -0.2) is 32.8 Å². The predicted octanol–water partition coefficient (Wildman–Crippen LogP) is 2.26. The zero-order chi connectivity index (χ0) is 13.1. The first-order valence-electron chi connectivity index (χ1n) is 6.09. The maximum atomic E-state index is 5.48. The van der Waals surface area contributed by atoms with E-state index in [9.17, 15) is 0 Å². The van der Waals surface area contributed by atoms with Crippen molar-refractivity contribution in [3.63, 3.8) is 0 Å². The van der Waals surface area contributed by atoms with Gasteiger partial charge in [-0.15, -0.1) is 0 Å². The van der Waals surface area contributed by atoms with Gasteiger partial charge < -0.3 is 19.8 Å². The highest BCUT2D eigenvalue weighted by Crippen LogP contribution is 2.35. The number of methoxy groups -OCH3 is 2. The fourth-order valence-corrected chi connectivity index (χ4v) is 2.31. The molecule has 0 aliphatic rings. The Balaban J connectivity index is 2.60. The molecule has 0 saturated heterocycles.